The Kier molecular flexibility index (Phi) is 57.7. The van der Waals surface area contributed by atoms with Crippen molar-refractivity contribution in [2.24, 2.45) is 0 Å². The van der Waals surface area contributed by atoms with E-state index in [1.165, 1.54) is 218 Å². The van der Waals surface area contributed by atoms with Crippen molar-refractivity contribution < 1.29 is 28.6 Å². The maximum absolute atomic E-state index is 12.9. The van der Waals surface area contributed by atoms with E-state index in [0.29, 0.717) is 19.3 Å². The molecule has 0 heterocycles. The number of hydrogen-bond donors (Lipinski definition) is 0. The molecule has 0 aliphatic carbocycles. The summed E-state index contributed by atoms with van der Waals surface area (Å²) in [5.41, 5.74) is 0. The topological polar surface area (TPSA) is 78.9 Å². The van der Waals surface area contributed by atoms with Gasteiger partial charge >= 0.3 is 17.9 Å². The van der Waals surface area contributed by atoms with Crippen molar-refractivity contribution in [2.75, 3.05) is 13.2 Å². The second-order valence-corrected chi connectivity index (χ2v) is 21.0. The van der Waals surface area contributed by atoms with E-state index in [-0.39, 0.29) is 31.1 Å². The van der Waals surface area contributed by atoms with E-state index in [1.807, 2.05) is 0 Å². The minimum atomic E-state index is -0.789. The molecule has 0 aromatic heterocycles. The van der Waals surface area contributed by atoms with Gasteiger partial charge in [0, 0.05) is 19.3 Å². The zero-order valence-corrected chi connectivity index (χ0v) is 47.5. The summed E-state index contributed by atoms with van der Waals surface area (Å²) in [6.45, 7) is 6.62. The van der Waals surface area contributed by atoms with E-state index in [9.17, 15) is 14.4 Å². The fourth-order valence-corrected chi connectivity index (χ4v) is 9.09. The molecule has 0 radical (unpaired) electrons. The van der Waals surface area contributed by atoms with Crippen molar-refractivity contribution in [1.82, 2.24) is 0 Å². The molecule has 0 fully saturated rings. The molecule has 0 aromatic rings. The quantitative estimate of drug-likeness (QED) is 0.0261. The number of carbonyl (C=O) groups is 3. The predicted molar refractivity (Wildman–Crippen MR) is 307 cm³/mol. The molecule has 0 saturated heterocycles. The van der Waals surface area contributed by atoms with Gasteiger partial charge in [-0.3, -0.25) is 14.4 Å². The van der Waals surface area contributed by atoms with Crippen molar-refractivity contribution in [3.63, 3.8) is 0 Å². The molecule has 0 spiro atoms. The van der Waals surface area contributed by atoms with Gasteiger partial charge in [-0.1, -0.05) is 275 Å². The Hall–Kier alpha value is -2.63. The standard InChI is InChI=1S/C65H118O6/c1-4-7-10-13-16-19-22-25-28-30-31-32-33-35-38-41-44-47-50-53-56-59-65(68)71-62(60-69-63(66)57-54-51-48-45-42-39-36-27-24-21-18-15-12-9-6-3)61-70-64(67)58-55-52-49-46-43-40-37-34-29-26-23-20-17-14-11-8-5-2/h18,21,26-27,29,36,42,45,62H,4-17,19-20,22-25,28,30-35,37-41,43-44,46-61H2,1-3H3/b21-18-,29-26-,36-27-,45-42-/t62-/m1/s1. The highest BCUT2D eigenvalue weighted by atomic mass is 16.6. The van der Waals surface area contributed by atoms with Gasteiger partial charge in [-0.05, 0) is 83.5 Å². The Labute approximate surface area is 441 Å². The van der Waals surface area contributed by atoms with Gasteiger partial charge in [0.15, 0.2) is 6.10 Å². The fraction of sp³-hybridized carbons (Fsp3) is 0.831. The van der Waals surface area contributed by atoms with Crippen LogP contribution in [0.4, 0.5) is 0 Å². The third-order valence-corrected chi connectivity index (χ3v) is 13.8. The van der Waals surface area contributed by atoms with Gasteiger partial charge in [0.2, 0.25) is 0 Å². The molecular weight excluding hydrogens is 877 g/mol. The molecule has 71 heavy (non-hydrogen) atoms. The van der Waals surface area contributed by atoms with Crippen molar-refractivity contribution >= 4 is 17.9 Å². The second-order valence-electron chi connectivity index (χ2n) is 21.0. The summed E-state index contributed by atoms with van der Waals surface area (Å²) in [5.74, 6) is -0.909. The molecule has 6 nitrogen and oxygen atoms in total. The number of ether oxygens (including phenoxy) is 3. The molecule has 0 N–H and O–H groups in total. The van der Waals surface area contributed by atoms with Crippen LogP contribution in [0, 0.1) is 0 Å². The summed E-state index contributed by atoms with van der Waals surface area (Å²) in [6.07, 6.45) is 74.0. The smallest absolute Gasteiger partial charge is 0.306 e. The molecule has 0 amide bonds. The van der Waals surface area contributed by atoms with Gasteiger partial charge in [-0.25, -0.2) is 0 Å². The monoisotopic (exact) mass is 995 g/mol. The lowest BCUT2D eigenvalue weighted by molar-refractivity contribution is -0.167. The Morgan fingerprint density at radius 1 is 0.282 bits per heavy atom. The summed E-state index contributed by atoms with van der Waals surface area (Å²) in [7, 11) is 0. The maximum Gasteiger partial charge on any atom is 0.306 e. The van der Waals surface area contributed by atoms with Gasteiger partial charge in [0.1, 0.15) is 13.2 Å². The first-order valence-corrected chi connectivity index (χ1v) is 31.1. The van der Waals surface area contributed by atoms with Gasteiger partial charge in [-0.15, -0.1) is 0 Å². The lowest BCUT2D eigenvalue weighted by atomic mass is 10.0. The second kappa shape index (κ2) is 59.9. The highest BCUT2D eigenvalue weighted by Crippen LogP contribution is 2.17. The maximum atomic E-state index is 12.9. The van der Waals surface area contributed by atoms with Crippen LogP contribution in [0.25, 0.3) is 0 Å². The van der Waals surface area contributed by atoms with Crippen LogP contribution < -0.4 is 0 Å². The molecule has 0 saturated carbocycles. The average Bonchev–Trinajstić information content (AvgIpc) is 3.37. The van der Waals surface area contributed by atoms with E-state index in [1.54, 1.807) is 0 Å². The van der Waals surface area contributed by atoms with E-state index in [4.69, 9.17) is 14.2 Å². The number of carbonyl (C=O) groups excluding carboxylic acids is 3. The molecule has 0 aliphatic heterocycles. The van der Waals surface area contributed by atoms with Crippen LogP contribution in [0.3, 0.4) is 0 Å². The number of allylic oxidation sites excluding steroid dienone is 8. The van der Waals surface area contributed by atoms with Crippen LogP contribution in [-0.4, -0.2) is 37.2 Å². The Balaban J connectivity index is 4.36. The van der Waals surface area contributed by atoms with E-state index >= 15 is 0 Å². The lowest BCUT2D eigenvalue weighted by Crippen LogP contribution is -2.30. The third kappa shape index (κ3) is 58.1. The minimum Gasteiger partial charge on any atom is -0.462 e. The van der Waals surface area contributed by atoms with Crippen LogP contribution >= 0.6 is 0 Å². The number of esters is 3. The van der Waals surface area contributed by atoms with Crippen molar-refractivity contribution in [3.05, 3.63) is 48.6 Å². The van der Waals surface area contributed by atoms with E-state index in [0.717, 1.165) is 70.6 Å². The number of rotatable bonds is 57. The molecule has 0 rings (SSSR count). The van der Waals surface area contributed by atoms with Crippen LogP contribution in [-0.2, 0) is 28.6 Å². The largest absolute Gasteiger partial charge is 0.462 e. The molecule has 0 aromatic carbocycles. The highest BCUT2D eigenvalue weighted by Gasteiger charge is 2.19. The average molecular weight is 996 g/mol. The predicted octanol–water partition coefficient (Wildman–Crippen LogP) is 21.0. The van der Waals surface area contributed by atoms with Crippen molar-refractivity contribution in [2.45, 2.75) is 335 Å². The highest BCUT2D eigenvalue weighted by molar-refractivity contribution is 5.71. The first-order chi connectivity index (χ1) is 35.0. The SMILES string of the molecule is CCCCC/C=C\C/C=C\C/C=C\CCCCC(=O)OC[C@H](COC(=O)CCCCCCCCC/C=C\CCCCCCCC)OC(=O)CCCCCCCCCCCCCCCCCCCCCCC. The molecule has 0 bridgehead atoms. The third-order valence-electron chi connectivity index (χ3n) is 13.8. The van der Waals surface area contributed by atoms with Gasteiger partial charge in [0.05, 0.1) is 0 Å². The van der Waals surface area contributed by atoms with Crippen LogP contribution in [0.5, 0.6) is 0 Å². The Morgan fingerprint density at radius 2 is 0.507 bits per heavy atom. The van der Waals surface area contributed by atoms with E-state index in [2.05, 4.69) is 69.4 Å². The molecule has 414 valence electrons. The van der Waals surface area contributed by atoms with E-state index < -0.39 is 6.10 Å². The number of unbranched alkanes of at least 4 members (excludes halogenated alkanes) is 38. The molecule has 6 heteroatoms. The summed E-state index contributed by atoms with van der Waals surface area (Å²) >= 11 is 0. The summed E-state index contributed by atoms with van der Waals surface area (Å²) in [4.78, 5) is 38.2. The van der Waals surface area contributed by atoms with Crippen molar-refractivity contribution in [1.29, 1.82) is 0 Å². The molecule has 0 unspecified atom stereocenters. The van der Waals surface area contributed by atoms with Gasteiger partial charge < -0.3 is 14.2 Å². The van der Waals surface area contributed by atoms with Gasteiger partial charge in [-0.2, -0.15) is 0 Å². The van der Waals surface area contributed by atoms with Crippen LogP contribution in [0.1, 0.15) is 329 Å². The molecular formula is C65H118O6. The zero-order valence-electron chi connectivity index (χ0n) is 47.5. The summed E-state index contributed by atoms with van der Waals surface area (Å²) < 4.78 is 16.9. The Morgan fingerprint density at radius 3 is 0.859 bits per heavy atom. The van der Waals surface area contributed by atoms with Crippen LogP contribution in [0.15, 0.2) is 48.6 Å². The zero-order chi connectivity index (χ0) is 51.4. The summed E-state index contributed by atoms with van der Waals surface area (Å²) in [6, 6.07) is 0. The summed E-state index contributed by atoms with van der Waals surface area (Å²) in [5, 5.41) is 0. The lowest BCUT2D eigenvalue weighted by Gasteiger charge is -2.18. The first kappa shape index (κ1) is 68.4. The van der Waals surface area contributed by atoms with Crippen molar-refractivity contribution in [3.8, 4) is 0 Å². The normalized spacial score (nSPS) is 12.3. The Bertz CT molecular complexity index is 1230. The minimum absolute atomic E-state index is 0.0843. The first-order valence-electron chi connectivity index (χ1n) is 31.1. The van der Waals surface area contributed by atoms with Gasteiger partial charge in [0.25, 0.3) is 0 Å². The van der Waals surface area contributed by atoms with Crippen LogP contribution in [0.2, 0.25) is 0 Å². The molecule has 1 atom stereocenters. The fourth-order valence-electron chi connectivity index (χ4n) is 9.09. The molecule has 0 aliphatic rings. The number of hydrogen-bond acceptors (Lipinski definition) is 6.